The predicted molar refractivity (Wildman–Crippen MR) is 82.4 cm³/mol. The van der Waals surface area contributed by atoms with Crippen LogP contribution in [0.2, 0.25) is 0 Å². The lowest BCUT2D eigenvalue weighted by molar-refractivity contribution is -0.140. The Balaban J connectivity index is 2.28. The first-order chi connectivity index (χ1) is 11.8. The number of rotatable bonds is 7. The van der Waals surface area contributed by atoms with Crippen LogP contribution in [0, 0.1) is 5.82 Å². The Bertz CT molecular complexity index is 760. The van der Waals surface area contributed by atoms with Gasteiger partial charge in [0.05, 0.1) is 23.1 Å². The highest BCUT2D eigenvalue weighted by molar-refractivity contribution is 5.97. The summed E-state index contributed by atoms with van der Waals surface area (Å²) in [4.78, 5) is 23.3. The van der Waals surface area contributed by atoms with E-state index in [4.69, 9.17) is 5.11 Å². The van der Waals surface area contributed by atoms with Crippen molar-refractivity contribution in [2.45, 2.75) is 32.2 Å². The van der Waals surface area contributed by atoms with Crippen molar-refractivity contribution in [2.24, 2.45) is 0 Å². The second-order valence-electron chi connectivity index (χ2n) is 5.24. The Labute approximate surface area is 141 Å². The van der Waals surface area contributed by atoms with E-state index in [0.717, 1.165) is 0 Å². The largest absolute Gasteiger partial charge is 0.480 e. The second kappa shape index (κ2) is 7.82. The van der Waals surface area contributed by atoms with Gasteiger partial charge in [0, 0.05) is 6.42 Å². The van der Waals surface area contributed by atoms with Crippen LogP contribution >= 0.6 is 0 Å². The number of carboxylic acids is 1. The number of halogens is 3. The Hall–Kier alpha value is -2.84. The van der Waals surface area contributed by atoms with Gasteiger partial charge in [-0.25, -0.2) is 22.6 Å². The molecule has 0 saturated heterocycles. The molecule has 2 aromatic rings. The van der Waals surface area contributed by atoms with E-state index in [1.165, 1.54) is 35.1 Å². The number of benzene rings is 1. The van der Waals surface area contributed by atoms with Crippen LogP contribution in [0.3, 0.4) is 0 Å². The Morgan fingerprint density at radius 1 is 1.28 bits per heavy atom. The highest BCUT2D eigenvalue weighted by atomic mass is 19.3. The first-order valence-electron chi connectivity index (χ1n) is 7.48. The number of amides is 1. The molecule has 0 spiro atoms. The molecular weight excluding hydrogens is 339 g/mol. The Morgan fingerprint density at radius 2 is 1.92 bits per heavy atom. The predicted octanol–water partition coefficient (Wildman–Crippen LogP) is 2.41. The normalized spacial score (nSPS) is 12.2. The molecule has 0 fully saturated rings. The first-order valence-corrected chi connectivity index (χ1v) is 7.48. The van der Waals surface area contributed by atoms with Gasteiger partial charge in [-0.2, -0.15) is 5.10 Å². The zero-order chi connectivity index (χ0) is 18.6. The topological polar surface area (TPSA) is 84.2 Å². The maximum absolute atomic E-state index is 13.0. The van der Waals surface area contributed by atoms with E-state index in [9.17, 15) is 22.8 Å². The SMILES string of the molecule is CCc1c(C(=O)NC(CC(F)F)C(=O)O)cnn1-c1ccc(F)cc1. The molecule has 0 aliphatic heterocycles. The number of hydrogen-bond acceptors (Lipinski definition) is 3. The number of nitrogens with zero attached hydrogens (tertiary/aromatic N) is 2. The van der Waals surface area contributed by atoms with Crippen LogP contribution in [-0.4, -0.2) is 39.2 Å². The maximum Gasteiger partial charge on any atom is 0.326 e. The number of carbonyl (C=O) groups is 2. The van der Waals surface area contributed by atoms with Gasteiger partial charge >= 0.3 is 5.97 Å². The van der Waals surface area contributed by atoms with Gasteiger partial charge in [-0.05, 0) is 30.7 Å². The van der Waals surface area contributed by atoms with Gasteiger partial charge in [-0.3, -0.25) is 4.79 Å². The average molecular weight is 355 g/mol. The minimum atomic E-state index is -2.87. The third kappa shape index (κ3) is 4.37. The lowest BCUT2D eigenvalue weighted by Crippen LogP contribution is -2.42. The molecule has 9 heteroatoms. The highest BCUT2D eigenvalue weighted by Crippen LogP contribution is 2.17. The summed E-state index contributed by atoms with van der Waals surface area (Å²) in [7, 11) is 0. The molecule has 1 unspecified atom stereocenters. The van der Waals surface area contributed by atoms with Crippen LogP contribution < -0.4 is 5.32 Å². The molecule has 2 rings (SSSR count). The van der Waals surface area contributed by atoms with E-state index in [0.29, 0.717) is 17.8 Å². The maximum atomic E-state index is 13.0. The van der Waals surface area contributed by atoms with Gasteiger partial charge in [-0.15, -0.1) is 0 Å². The van der Waals surface area contributed by atoms with Crippen LogP contribution in [0.25, 0.3) is 5.69 Å². The fourth-order valence-electron chi connectivity index (χ4n) is 2.34. The number of hydrogen-bond donors (Lipinski definition) is 2. The smallest absolute Gasteiger partial charge is 0.326 e. The lowest BCUT2D eigenvalue weighted by Gasteiger charge is -2.14. The highest BCUT2D eigenvalue weighted by Gasteiger charge is 2.26. The summed E-state index contributed by atoms with van der Waals surface area (Å²) in [6.45, 7) is 1.75. The fourth-order valence-corrected chi connectivity index (χ4v) is 2.34. The van der Waals surface area contributed by atoms with Crippen LogP contribution in [0.1, 0.15) is 29.4 Å². The Kier molecular flexibility index (Phi) is 5.79. The van der Waals surface area contributed by atoms with E-state index >= 15 is 0 Å². The average Bonchev–Trinajstić information content (AvgIpc) is 2.98. The van der Waals surface area contributed by atoms with Gasteiger partial charge in [0.1, 0.15) is 11.9 Å². The second-order valence-corrected chi connectivity index (χ2v) is 5.24. The summed E-state index contributed by atoms with van der Waals surface area (Å²) in [5.74, 6) is -2.78. The van der Waals surface area contributed by atoms with Crippen LogP contribution in [0.5, 0.6) is 0 Å². The number of carboxylic acid groups (broad SMARTS) is 1. The van der Waals surface area contributed by atoms with Crippen molar-refractivity contribution in [3.8, 4) is 5.69 Å². The van der Waals surface area contributed by atoms with E-state index in [1.807, 2.05) is 0 Å². The molecule has 6 nitrogen and oxygen atoms in total. The molecule has 1 atom stereocenters. The summed E-state index contributed by atoms with van der Waals surface area (Å²) in [6, 6.07) is 3.71. The number of aromatic nitrogens is 2. The fraction of sp³-hybridized carbons (Fsp3) is 0.312. The molecule has 134 valence electrons. The molecule has 0 radical (unpaired) electrons. The third-order valence-electron chi connectivity index (χ3n) is 3.54. The van der Waals surface area contributed by atoms with E-state index in [2.05, 4.69) is 10.4 Å². The molecule has 0 aliphatic carbocycles. The van der Waals surface area contributed by atoms with Crippen molar-refractivity contribution in [3.63, 3.8) is 0 Å². The van der Waals surface area contributed by atoms with Gasteiger partial charge in [-0.1, -0.05) is 6.92 Å². The summed E-state index contributed by atoms with van der Waals surface area (Å²) in [6.07, 6.45) is -2.27. The van der Waals surface area contributed by atoms with Gasteiger partial charge in [0.2, 0.25) is 6.43 Å². The van der Waals surface area contributed by atoms with Crippen molar-refractivity contribution >= 4 is 11.9 Å². The molecule has 1 aromatic carbocycles. The number of aliphatic carboxylic acids is 1. The number of carbonyl (C=O) groups excluding carboxylic acids is 1. The molecule has 2 N–H and O–H groups in total. The van der Waals surface area contributed by atoms with Crippen LogP contribution in [0.15, 0.2) is 30.5 Å². The summed E-state index contributed by atoms with van der Waals surface area (Å²) in [5.41, 5.74) is 1.04. The van der Waals surface area contributed by atoms with Crippen molar-refractivity contribution in [2.75, 3.05) is 0 Å². The first kappa shape index (κ1) is 18.5. The molecule has 1 heterocycles. The van der Waals surface area contributed by atoms with E-state index in [1.54, 1.807) is 6.92 Å². The molecule has 0 aliphatic rings. The molecule has 1 aromatic heterocycles. The molecule has 25 heavy (non-hydrogen) atoms. The zero-order valence-electron chi connectivity index (χ0n) is 13.2. The van der Waals surface area contributed by atoms with E-state index < -0.39 is 36.6 Å². The van der Waals surface area contributed by atoms with Crippen molar-refractivity contribution < 1.29 is 27.9 Å². The summed E-state index contributed by atoms with van der Waals surface area (Å²) >= 11 is 0. The minimum Gasteiger partial charge on any atom is -0.480 e. The molecular formula is C16H16F3N3O3. The molecule has 0 bridgehead atoms. The summed E-state index contributed by atoms with van der Waals surface area (Å²) < 4.78 is 39.3. The van der Waals surface area contributed by atoms with Crippen molar-refractivity contribution in [1.82, 2.24) is 15.1 Å². The molecule has 0 saturated carbocycles. The number of alkyl halides is 2. The Morgan fingerprint density at radius 3 is 2.44 bits per heavy atom. The molecule has 1 amide bonds. The van der Waals surface area contributed by atoms with Gasteiger partial charge in [0.15, 0.2) is 0 Å². The van der Waals surface area contributed by atoms with Crippen LogP contribution in [-0.2, 0) is 11.2 Å². The van der Waals surface area contributed by atoms with Crippen LogP contribution in [0.4, 0.5) is 13.2 Å². The standard InChI is InChI=1S/C16H16F3N3O3/c1-2-13-11(15(23)21-12(16(24)25)7-14(18)19)8-20-22(13)10-5-3-9(17)4-6-10/h3-6,8,12,14H,2,7H2,1H3,(H,21,23)(H,24,25). The van der Waals surface area contributed by atoms with Gasteiger partial charge < -0.3 is 10.4 Å². The zero-order valence-corrected chi connectivity index (χ0v) is 13.2. The monoisotopic (exact) mass is 355 g/mol. The third-order valence-corrected chi connectivity index (χ3v) is 3.54. The minimum absolute atomic E-state index is 0.0762. The van der Waals surface area contributed by atoms with E-state index in [-0.39, 0.29) is 5.56 Å². The summed E-state index contributed by atoms with van der Waals surface area (Å²) in [5, 5.41) is 15.1. The van der Waals surface area contributed by atoms with Crippen molar-refractivity contribution in [1.29, 1.82) is 0 Å². The van der Waals surface area contributed by atoms with Crippen molar-refractivity contribution in [3.05, 3.63) is 47.5 Å². The lowest BCUT2D eigenvalue weighted by atomic mass is 10.1. The number of nitrogens with one attached hydrogen (secondary N) is 1. The quantitative estimate of drug-likeness (QED) is 0.799. The van der Waals surface area contributed by atoms with Gasteiger partial charge in [0.25, 0.3) is 5.91 Å².